The van der Waals surface area contributed by atoms with Gasteiger partial charge in [0.05, 0.1) is 11.5 Å². The Labute approximate surface area is 162 Å². The lowest BCUT2D eigenvalue weighted by molar-refractivity contribution is 0.189. The quantitative estimate of drug-likeness (QED) is 0.591. The molecular formula is C20H35N5S. The van der Waals surface area contributed by atoms with E-state index in [9.17, 15) is 0 Å². The van der Waals surface area contributed by atoms with Crippen LogP contribution in [0.25, 0.3) is 0 Å². The fourth-order valence-electron chi connectivity index (χ4n) is 4.00. The van der Waals surface area contributed by atoms with Gasteiger partial charge in [-0.15, -0.1) is 11.3 Å². The van der Waals surface area contributed by atoms with Crippen molar-refractivity contribution in [2.45, 2.75) is 45.6 Å². The maximum Gasteiger partial charge on any atom is 0.191 e. The zero-order valence-corrected chi connectivity index (χ0v) is 17.2. The van der Waals surface area contributed by atoms with Crippen LogP contribution in [0, 0.1) is 5.92 Å². The van der Waals surface area contributed by atoms with Gasteiger partial charge in [0.1, 0.15) is 0 Å². The third-order valence-electron chi connectivity index (χ3n) is 5.43. The molecule has 2 aliphatic heterocycles. The maximum atomic E-state index is 4.84. The molecule has 5 nitrogen and oxygen atoms in total. The summed E-state index contributed by atoms with van der Waals surface area (Å²) < 4.78 is 0. The van der Waals surface area contributed by atoms with Crippen LogP contribution in [0.4, 0.5) is 5.00 Å². The van der Waals surface area contributed by atoms with Crippen molar-refractivity contribution >= 4 is 22.3 Å². The van der Waals surface area contributed by atoms with Gasteiger partial charge in [0, 0.05) is 38.8 Å². The fourth-order valence-corrected chi connectivity index (χ4v) is 4.79. The predicted molar refractivity (Wildman–Crippen MR) is 114 cm³/mol. The van der Waals surface area contributed by atoms with Crippen LogP contribution < -0.4 is 15.5 Å². The lowest BCUT2D eigenvalue weighted by Gasteiger charge is -2.33. The first kappa shape index (κ1) is 19.5. The van der Waals surface area contributed by atoms with Crippen LogP contribution in [0.3, 0.4) is 0 Å². The minimum Gasteiger partial charge on any atom is -0.363 e. The maximum absolute atomic E-state index is 4.84. The summed E-state index contributed by atoms with van der Waals surface area (Å²) in [6, 6.07) is 4.90. The summed E-state index contributed by atoms with van der Waals surface area (Å²) in [6.07, 6.45) is 5.07. The van der Waals surface area contributed by atoms with E-state index in [1.54, 1.807) is 0 Å². The number of piperidine rings is 2. The average Bonchev–Trinajstić information content (AvgIpc) is 3.17. The van der Waals surface area contributed by atoms with Gasteiger partial charge in [-0.2, -0.15) is 0 Å². The Morgan fingerprint density at radius 2 is 2.12 bits per heavy atom. The minimum atomic E-state index is 0.527. The molecule has 2 aliphatic rings. The zero-order chi connectivity index (χ0) is 18.2. The van der Waals surface area contributed by atoms with Crippen LogP contribution in [0.2, 0.25) is 0 Å². The SMILES string of the molecule is CCNC(=NCCN1CCCC(C)C1)NC1CCN(c2cccs2)CC1. The Morgan fingerprint density at radius 3 is 2.81 bits per heavy atom. The second-order valence-electron chi connectivity index (χ2n) is 7.67. The second kappa shape index (κ2) is 10.2. The van der Waals surface area contributed by atoms with Crippen LogP contribution in [0.5, 0.6) is 0 Å². The molecule has 0 amide bonds. The van der Waals surface area contributed by atoms with Gasteiger partial charge in [-0.25, -0.2) is 0 Å². The molecule has 2 saturated heterocycles. The van der Waals surface area contributed by atoms with Gasteiger partial charge in [-0.05, 0) is 62.6 Å². The summed E-state index contributed by atoms with van der Waals surface area (Å²) in [5.41, 5.74) is 0. The molecule has 2 N–H and O–H groups in total. The number of rotatable bonds is 6. The summed E-state index contributed by atoms with van der Waals surface area (Å²) in [4.78, 5) is 9.91. The Morgan fingerprint density at radius 1 is 1.27 bits per heavy atom. The smallest absolute Gasteiger partial charge is 0.191 e. The first-order valence-corrected chi connectivity index (χ1v) is 11.2. The number of hydrogen-bond acceptors (Lipinski definition) is 4. The summed E-state index contributed by atoms with van der Waals surface area (Å²) in [6.45, 7) is 12.1. The van der Waals surface area contributed by atoms with Crippen LogP contribution in [-0.2, 0) is 0 Å². The molecule has 0 spiro atoms. The molecule has 0 bridgehead atoms. The highest BCUT2D eigenvalue weighted by molar-refractivity contribution is 7.14. The molecule has 1 aromatic heterocycles. The van der Waals surface area contributed by atoms with Gasteiger partial charge in [0.2, 0.25) is 0 Å². The number of nitrogens with zero attached hydrogens (tertiary/aromatic N) is 3. The molecule has 6 heteroatoms. The highest BCUT2D eigenvalue weighted by Crippen LogP contribution is 2.24. The summed E-state index contributed by atoms with van der Waals surface area (Å²) in [5, 5.41) is 10.7. The van der Waals surface area contributed by atoms with Crippen LogP contribution in [0.1, 0.15) is 39.5 Å². The van der Waals surface area contributed by atoms with E-state index in [2.05, 4.69) is 51.8 Å². The van der Waals surface area contributed by atoms with Crippen molar-refractivity contribution in [2.24, 2.45) is 10.9 Å². The van der Waals surface area contributed by atoms with Crippen molar-refractivity contribution in [3.05, 3.63) is 17.5 Å². The Hall–Kier alpha value is -1.27. The van der Waals surface area contributed by atoms with Crippen molar-refractivity contribution in [3.63, 3.8) is 0 Å². The topological polar surface area (TPSA) is 42.9 Å². The number of hydrogen-bond donors (Lipinski definition) is 2. The van der Waals surface area contributed by atoms with Crippen LogP contribution in [-0.4, -0.2) is 62.7 Å². The van der Waals surface area contributed by atoms with Crippen molar-refractivity contribution in [3.8, 4) is 0 Å². The van der Waals surface area contributed by atoms with Gasteiger partial charge >= 0.3 is 0 Å². The number of nitrogens with one attached hydrogen (secondary N) is 2. The van der Waals surface area contributed by atoms with E-state index in [1.165, 1.54) is 43.8 Å². The molecule has 0 aromatic carbocycles. The monoisotopic (exact) mass is 377 g/mol. The van der Waals surface area contributed by atoms with Crippen LogP contribution in [0.15, 0.2) is 22.5 Å². The van der Waals surface area contributed by atoms with Gasteiger partial charge < -0.3 is 20.4 Å². The zero-order valence-electron chi connectivity index (χ0n) is 16.4. The highest BCUT2D eigenvalue weighted by Gasteiger charge is 2.21. The molecule has 0 saturated carbocycles. The Kier molecular flexibility index (Phi) is 7.62. The van der Waals surface area contributed by atoms with Crippen LogP contribution >= 0.6 is 11.3 Å². The summed E-state index contributed by atoms with van der Waals surface area (Å²) in [5.74, 6) is 1.83. The van der Waals surface area contributed by atoms with Crippen molar-refractivity contribution in [1.82, 2.24) is 15.5 Å². The predicted octanol–water partition coefficient (Wildman–Crippen LogP) is 3.00. The third kappa shape index (κ3) is 5.88. The van der Waals surface area contributed by atoms with Crippen molar-refractivity contribution in [2.75, 3.05) is 50.7 Å². The molecule has 2 fully saturated rings. The van der Waals surface area contributed by atoms with E-state index in [0.717, 1.165) is 44.6 Å². The van der Waals surface area contributed by atoms with Gasteiger partial charge in [0.25, 0.3) is 0 Å². The number of anilines is 1. The lowest BCUT2D eigenvalue weighted by Crippen LogP contribution is -2.49. The molecule has 0 aliphatic carbocycles. The Bertz CT molecular complexity index is 536. The molecule has 3 heterocycles. The largest absolute Gasteiger partial charge is 0.363 e. The van der Waals surface area contributed by atoms with E-state index in [1.807, 2.05) is 11.3 Å². The number of thiophene rings is 1. The second-order valence-corrected chi connectivity index (χ2v) is 8.59. The average molecular weight is 378 g/mol. The van der Waals surface area contributed by atoms with Gasteiger partial charge in [-0.3, -0.25) is 4.99 Å². The molecule has 1 atom stereocenters. The van der Waals surface area contributed by atoms with E-state index >= 15 is 0 Å². The fraction of sp³-hybridized carbons (Fsp3) is 0.750. The summed E-state index contributed by atoms with van der Waals surface area (Å²) >= 11 is 1.84. The van der Waals surface area contributed by atoms with Crippen molar-refractivity contribution < 1.29 is 0 Å². The molecule has 1 aromatic rings. The van der Waals surface area contributed by atoms with Crippen molar-refractivity contribution in [1.29, 1.82) is 0 Å². The summed E-state index contributed by atoms with van der Waals surface area (Å²) in [7, 11) is 0. The van der Waals surface area contributed by atoms with Gasteiger partial charge in [-0.1, -0.05) is 6.92 Å². The lowest BCUT2D eigenvalue weighted by atomic mass is 10.0. The molecule has 26 heavy (non-hydrogen) atoms. The van der Waals surface area contributed by atoms with Gasteiger partial charge in [0.15, 0.2) is 5.96 Å². The normalized spacial score (nSPS) is 23.2. The highest BCUT2D eigenvalue weighted by atomic mass is 32.1. The van der Waals surface area contributed by atoms with E-state index in [0.29, 0.717) is 6.04 Å². The Balaban J connectivity index is 1.42. The van der Waals surface area contributed by atoms with E-state index < -0.39 is 0 Å². The molecule has 0 radical (unpaired) electrons. The first-order valence-electron chi connectivity index (χ1n) is 10.3. The first-order chi connectivity index (χ1) is 12.7. The number of likely N-dealkylation sites (tertiary alicyclic amines) is 1. The number of aliphatic imine (C=N–C) groups is 1. The molecule has 3 rings (SSSR count). The molecular weight excluding hydrogens is 342 g/mol. The molecule has 146 valence electrons. The standard InChI is InChI=1S/C20H35N5S/c1-3-21-20(22-10-14-24-11-4-6-17(2)16-24)23-18-8-12-25(13-9-18)19-7-5-15-26-19/h5,7,15,17-18H,3-4,6,8-14,16H2,1-2H3,(H2,21,22,23). The van der Waals surface area contributed by atoms with E-state index in [4.69, 9.17) is 4.99 Å². The molecule has 1 unspecified atom stereocenters. The number of guanidine groups is 1. The third-order valence-corrected chi connectivity index (χ3v) is 6.35. The minimum absolute atomic E-state index is 0.527. The van der Waals surface area contributed by atoms with E-state index in [-0.39, 0.29) is 0 Å².